The largest absolute Gasteiger partial charge is 0.298 e. The van der Waals surface area contributed by atoms with Gasteiger partial charge < -0.3 is 0 Å². The maximum atomic E-state index is 14.8. The first-order valence-electron chi connectivity index (χ1n) is 12.9. The van der Waals surface area contributed by atoms with Crippen molar-refractivity contribution in [1.82, 2.24) is 34.4 Å². The molecule has 2 aliphatic heterocycles. The lowest BCUT2D eigenvalue weighted by Crippen LogP contribution is -2.49. The van der Waals surface area contributed by atoms with Gasteiger partial charge in [-0.15, -0.1) is 0 Å². The molecule has 186 valence electrons. The Morgan fingerprint density at radius 2 is 1.97 bits per heavy atom. The molecule has 0 N–H and O–H groups in total. The molecule has 0 saturated carbocycles. The average molecular weight is 486 g/mol. The highest BCUT2D eigenvalue weighted by molar-refractivity contribution is 5.68. The number of hydrogen-bond acceptors (Lipinski definition) is 6. The van der Waals surface area contributed by atoms with Gasteiger partial charge in [-0.2, -0.15) is 5.10 Å². The van der Waals surface area contributed by atoms with Crippen molar-refractivity contribution in [1.29, 1.82) is 0 Å². The van der Waals surface area contributed by atoms with Crippen LogP contribution in [0.15, 0.2) is 49.1 Å². The molecule has 0 bridgehead atoms. The van der Waals surface area contributed by atoms with Crippen molar-refractivity contribution in [3.05, 3.63) is 77.5 Å². The fraction of sp³-hybridized carbons (Fsp3) is 0.429. The second kappa shape index (κ2) is 9.67. The van der Waals surface area contributed by atoms with Gasteiger partial charge in [-0.05, 0) is 49.1 Å². The molecule has 0 aliphatic carbocycles. The van der Waals surface area contributed by atoms with Crippen molar-refractivity contribution in [2.24, 2.45) is 0 Å². The highest BCUT2D eigenvalue weighted by atomic mass is 19.1. The van der Waals surface area contributed by atoms with Gasteiger partial charge in [0.2, 0.25) is 0 Å². The van der Waals surface area contributed by atoms with Gasteiger partial charge in [0.25, 0.3) is 0 Å². The maximum Gasteiger partial charge on any atom is 0.167 e. The summed E-state index contributed by atoms with van der Waals surface area (Å²) in [5.41, 5.74) is 5.22. The summed E-state index contributed by atoms with van der Waals surface area (Å²) in [6, 6.07) is 8.71. The Bertz CT molecular complexity index is 1360. The Morgan fingerprint density at radius 3 is 2.81 bits per heavy atom. The Morgan fingerprint density at radius 1 is 1.06 bits per heavy atom. The fourth-order valence-electron chi connectivity index (χ4n) is 5.56. The number of piperazine rings is 1. The number of fused-ring (bicyclic) bond motifs is 2. The van der Waals surface area contributed by atoms with Gasteiger partial charge in [0.1, 0.15) is 11.5 Å². The van der Waals surface area contributed by atoms with E-state index in [0.717, 1.165) is 48.0 Å². The molecule has 2 aliphatic rings. The third-order valence-electron chi connectivity index (χ3n) is 7.54. The van der Waals surface area contributed by atoms with Gasteiger partial charge in [-0.3, -0.25) is 14.8 Å². The van der Waals surface area contributed by atoms with Crippen molar-refractivity contribution < 1.29 is 4.39 Å². The van der Waals surface area contributed by atoms with Crippen LogP contribution in [0.1, 0.15) is 55.3 Å². The zero-order valence-electron chi connectivity index (χ0n) is 20.9. The Balaban J connectivity index is 1.17. The number of halogens is 1. The van der Waals surface area contributed by atoms with Crippen LogP contribution >= 0.6 is 0 Å². The van der Waals surface area contributed by atoms with Crippen LogP contribution in [0.3, 0.4) is 0 Å². The fourth-order valence-corrected chi connectivity index (χ4v) is 5.56. The highest BCUT2D eigenvalue weighted by Gasteiger charge is 2.30. The van der Waals surface area contributed by atoms with Crippen LogP contribution in [-0.2, 0) is 13.0 Å². The highest BCUT2D eigenvalue weighted by Crippen LogP contribution is 2.27. The minimum absolute atomic E-state index is 0.307. The first-order valence-corrected chi connectivity index (χ1v) is 12.9. The minimum atomic E-state index is -0.431. The zero-order chi connectivity index (χ0) is 24.6. The zero-order valence-corrected chi connectivity index (χ0v) is 20.9. The Labute approximate surface area is 211 Å². The van der Waals surface area contributed by atoms with Gasteiger partial charge in [-0.25, -0.2) is 18.9 Å². The first-order chi connectivity index (χ1) is 17.5. The third kappa shape index (κ3) is 4.63. The predicted molar refractivity (Wildman–Crippen MR) is 137 cm³/mol. The van der Waals surface area contributed by atoms with E-state index in [1.54, 1.807) is 0 Å². The van der Waals surface area contributed by atoms with Crippen LogP contribution in [0.5, 0.6) is 0 Å². The van der Waals surface area contributed by atoms with E-state index in [1.807, 2.05) is 41.3 Å². The van der Waals surface area contributed by atoms with Crippen LogP contribution in [0.2, 0.25) is 0 Å². The van der Waals surface area contributed by atoms with Gasteiger partial charge in [0, 0.05) is 61.4 Å². The summed E-state index contributed by atoms with van der Waals surface area (Å²) in [6.45, 7) is 9.89. The second-order valence-electron chi connectivity index (χ2n) is 10.4. The molecular formula is C28H32FN7. The van der Waals surface area contributed by atoms with Crippen LogP contribution in [0.25, 0.3) is 16.8 Å². The quantitative estimate of drug-likeness (QED) is 0.405. The summed E-state index contributed by atoms with van der Waals surface area (Å²) in [4.78, 5) is 18.7. The number of aromatic nitrogens is 5. The molecule has 6 rings (SSSR count). The standard InChI is InChI=1S/C28H32FN7/c1-19(2)24-15-32-36-9-7-21(12-26(24)36)28-25(29)16-31-27(33-28)13-22-6-5-20(14-30-22)17-34-10-11-35-8-3-4-23(35)18-34/h5-7,9,12,14-16,19,23H,3-4,8,10-11,13,17-18H2,1-2H3. The summed E-state index contributed by atoms with van der Waals surface area (Å²) in [5.74, 6) is 0.450. The second-order valence-corrected chi connectivity index (χ2v) is 10.4. The lowest BCUT2D eigenvalue weighted by molar-refractivity contribution is 0.0993. The molecule has 36 heavy (non-hydrogen) atoms. The molecule has 4 aromatic heterocycles. The summed E-state index contributed by atoms with van der Waals surface area (Å²) in [7, 11) is 0. The molecule has 4 aromatic rings. The van der Waals surface area contributed by atoms with E-state index in [-0.39, 0.29) is 0 Å². The van der Waals surface area contributed by atoms with E-state index in [2.05, 4.69) is 49.8 Å². The molecule has 0 aromatic carbocycles. The van der Waals surface area contributed by atoms with Gasteiger partial charge in [-0.1, -0.05) is 19.9 Å². The van der Waals surface area contributed by atoms with E-state index >= 15 is 0 Å². The number of rotatable bonds is 6. The predicted octanol–water partition coefficient (Wildman–Crippen LogP) is 4.32. The van der Waals surface area contributed by atoms with E-state index < -0.39 is 5.82 Å². The number of nitrogens with zero attached hydrogens (tertiary/aromatic N) is 7. The molecule has 0 amide bonds. The lowest BCUT2D eigenvalue weighted by Gasteiger charge is -2.37. The van der Waals surface area contributed by atoms with Crippen molar-refractivity contribution in [2.75, 3.05) is 26.2 Å². The van der Waals surface area contributed by atoms with E-state index in [4.69, 9.17) is 0 Å². The molecule has 6 heterocycles. The Hall–Kier alpha value is -3.23. The van der Waals surface area contributed by atoms with Crippen molar-refractivity contribution in [3.8, 4) is 11.3 Å². The molecule has 8 heteroatoms. The van der Waals surface area contributed by atoms with Crippen LogP contribution in [0.4, 0.5) is 4.39 Å². The summed E-state index contributed by atoms with van der Waals surface area (Å²) in [5, 5.41) is 4.41. The molecule has 1 atom stereocenters. The van der Waals surface area contributed by atoms with E-state index in [1.165, 1.54) is 37.7 Å². The van der Waals surface area contributed by atoms with Crippen molar-refractivity contribution in [3.63, 3.8) is 0 Å². The number of pyridine rings is 2. The van der Waals surface area contributed by atoms with Crippen LogP contribution in [-0.4, -0.2) is 66.6 Å². The summed E-state index contributed by atoms with van der Waals surface area (Å²) >= 11 is 0. The lowest BCUT2D eigenvalue weighted by atomic mass is 10.0. The maximum absolute atomic E-state index is 14.8. The normalized spacial score (nSPS) is 18.8. The van der Waals surface area contributed by atoms with Gasteiger partial charge in [0.15, 0.2) is 5.82 Å². The molecule has 0 spiro atoms. The molecule has 2 saturated heterocycles. The first kappa shape index (κ1) is 23.2. The van der Waals surface area contributed by atoms with E-state index in [9.17, 15) is 4.39 Å². The smallest absolute Gasteiger partial charge is 0.167 e. The SMILES string of the molecule is CC(C)c1cnn2ccc(-c3nc(Cc4ccc(CN5CCN6CCCC6C5)cn4)ncc3F)cc12. The molecule has 7 nitrogen and oxygen atoms in total. The molecule has 1 unspecified atom stereocenters. The van der Waals surface area contributed by atoms with Crippen LogP contribution in [0, 0.1) is 5.82 Å². The topological polar surface area (TPSA) is 62.5 Å². The van der Waals surface area contributed by atoms with Gasteiger partial charge in [0.05, 0.1) is 24.3 Å². The molecule has 0 radical (unpaired) electrons. The number of hydrogen-bond donors (Lipinski definition) is 0. The van der Waals surface area contributed by atoms with Crippen LogP contribution < -0.4 is 0 Å². The average Bonchev–Trinajstić information content (AvgIpc) is 3.53. The minimum Gasteiger partial charge on any atom is -0.298 e. The third-order valence-corrected chi connectivity index (χ3v) is 7.54. The molecule has 2 fully saturated rings. The summed E-state index contributed by atoms with van der Waals surface area (Å²) < 4.78 is 16.6. The van der Waals surface area contributed by atoms with Crippen molar-refractivity contribution in [2.45, 2.75) is 51.6 Å². The van der Waals surface area contributed by atoms with Crippen molar-refractivity contribution >= 4 is 5.52 Å². The summed E-state index contributed by atoms with van der Waals surface area (Å²) in [6.07, 6.45) is 10.1. The monoisotopic (exact) mass is 485 g/mol. The Kier molecular flexibility index (Phi) is 6.23. The molecular weight excluding hydrogens is 453 g/mol. The van der Waals surface area contributed by atoms with E-state index in [0.29, 0.717) is 23.9 Å². The van der Waals surface area contributed by atoms with Gasteiger partial charge >= 0.3 is 0 Å².